The Hall–Kier alpha value is -2.60. The summed E-state index contributed by atoms with van der Waals surface area (Å²) >= 11 is 0. The van der Waals surface area contributed by atoms with Gasteiger partial charge in [0.25, 0.3) is 5.91 Å². The molecule has 0 aliphatic rings. The molecule has 1 amide bonds. The lowest BCUT2D eigenvalue weighted by Crippen LogP contribution is -2.56. The maximum absolute atomic E-state index is 12.0. The molecule has 2 aromatic carbocycles. The van der Waals surface area contributed by atoms with Gasteiger partial charge in [0.15, 0.2) is 12.1 Å². The van der Waals surface area contributed by atoms with E-state index in [9.17, 15) is 14.7 Å². The molecule has 0 aliphatic heterocycles. The lowest BCUT2D eigenvalue weighted by atomic mass is 10.0. The van der Waals surface area contributed by atoms with Gasteiger partial charge in [-0.3, -0.25) is 4.79 Å². The third kappa shape index (κ3) is 3.98. The van der Waals surface area contributed by atoms with E-state index in [0.29, 0.717) is 5.75 Å². The minimum atomic E-state index is -1.49. The summed E-state index contributed by atoms with van der Waals surface area (Å²) in [6, 6.07) is 13.2. The highest BCUT2D eigenvalue weighted by Crippen LogP contribution is 2.24. The molecule has 122 valence electrons. The number of methoxy groups -OCH3 is 1. The van der Waals surface area contributed by atoms with Crippen molar-refractivity contribution in [3.05, 3.63) is 42.5 Å². The van der Waals surface area contributed by atoms with E-state index in [0.717, 1.165) is 10.8 Å². The quantitative estimate of drug-likeness (QED) is 0.814. The molecule has 0 fully saturated rings. The predicted octanol–water partition coefficient (Wildman–Crippen LogP) is 1.82. The molecule has 2 rings (SSSR count). The predicted molar refractivity (Wildman–Crippen MR) is 85.5 cm³/mol. The summed E-state index contributed by atoms with van der Waals surface area (Å²) in [6.07, 6.45) is 0. The van der Waals surface area contributed by atoms with Gasteiger partial charge in [0.1, 0.15) is 5.75 Å². The number of aliphatic carboxylic acids is 1. The number of rotatable bonds is 7. The first-order chi connectivity index (χ1) is 11.0. The van der Waals surface area contributed by atoms with E-state index in [-0.39, 0.29) is 13.2 Å². The molecule has 6 heteroatoms. The number of carbonyl (C=O) groups is 2. The minimum Gasteiger partial charge on any atom is -0.483 e. The second-order valence-electron chi connectivity index (χ2n) is 5.38. The first-order valence-electron chi connectivity index (χ1n) is 7.10. The van der Waals surface area contributed by atoms with Crippen LogP contribution in [0.4, 0.5) is 0 Å². The van der Waals surface area contributed by atoms with E-state index < -0.39 is 17.4 Å². The highest BCUT2D eigenvalue weighted by molar-refractivity contribution is 5.90. The van der Waals surface area contributed by atoms with Gasteiger partial charge in [-0.1, -0.05) is 36.4 Å². The fourth-order valence-electron chi connectivity index (χ4n) is 2.25. The largest absolute Gasteiger partial charge is 0.483 e. The molecule has 0 spiro atoms. The van der Waals surface area contributed by atoms with E-state index in [1.165, 1.54) is 14.0 Å². The number of carboxylic acids is 1. The molecule has 0 heterocycles. The van der Waals surface area contributed by atoms with Crippen LogP contribution in [0.15, 0.2) is 42.5 Å². The molecule has 1 atom stereocenters. The van der Waals surface area contributed by atoms with Crippen LogP contribution in [-0.4, -0.2) is 42.8 Å². The summed E-state index contributed by atoms with van der Waals surface area (Å²) in [7, 11) is 1.37. The Morgan fingerprint density at radius 3 is 2.57 bits per heavy atom. The zero-order valence-electron chi connectivity index (χ0n) is 13.0. The standard InChI is InChI=1S/C17H19NO5/c1-17(11-22-2,16(20)21)18-15(19)10-23-14-9-5-7-12-6-3-4-8-13(12)14/h3-9H,10-11H2,1-2H3,(H,18,19)(H,20,21). The Labute approximate surface area is 134 Å². The van der Waals surface area contributed by atoms with Crippen molar-refractivity contribution in [1.82, 2.24) is 5.32 Å². The number of benzene rings is 2. The van der Waals surface area contributed by atoms with Crippen molar-refractivity contribution in [1.29, 1.82) is 0 Å². The van der Waals surface area contributed by atoms with E-state index in [1.807, 2.05) is 36.4 Å². The molecule has 0 aromatic heterocycles. The van der Waals surface area contributed by atoms with Crippen molar-refractivity contribution in [2.75, 3.05) is 20.3 Å². The molecule has 2 aromatic rings. The van der Waals surface area contributed by atoms with Crippen LogP contribution in [0.25, 0.3) is 10.8 Å². The zero-order chi connectivity index (χ0) is 16.9. The molecule has 23 heavy (non-hydrogen) atoms. The average Bonchev–Trinajstić information content (AvgIpc) is 2.53. The number of hydrogen-bond donors (Lipinski definition) is 2. The van der Waals surface area contributed by atoms with Gasteiger partial charge in [-0.2, -0.15) is 0 Å². The Balaban J connectivity index is 2.05. The van der Waals surface area contributed by atoms with Crippen LogP contribution in [0.5, 0.6) is 5.75 Å². The SMILES string of the molecule is COCC(C)(NC(=O)COc1cccc2ccccc12)C(=O)O. The van der Waals surface area contributed by atoms with Crippen LogP contribution in [0, 0.1) is 0 Å². The number of carbonyl (C=O) groups excluding carboxylic acids is 1. The smallest absolute Gasteiger partial charge is 0.331 e. The fraction of sp³-hybridized carbons (Fsp3) is 0.294. The number of ether oxygens (including phenoxy) is 2. The van der Waals surface area contributed by atoms with Crippen molar-refractivity contribution in [2.45, 2.75) is 12.5 Å². The molecule has 0 saturated heterocycles. The summed E-state index contributed by atoms with van der Waals surface area (Å²) in [5, 5.41) is 13.5. The highest BCUT2D eigenvalue weighted by atomic mass is 16.5. The maximum Gasteiger partial charge on any atom is 0.331 e. The summed E-state index contributed by atoms with van der Waals surface area (Å²) in [6.45, 7) is 0.970. The molecule has 0 aliphatic carbocycles. The van der Waals surface area contributed by atoms with Crippen molar-refractivity contribution < 1.29 is 24.2 Å². The Morgan fingerprint density at radius 2 is 1.87 bits per heavy atom. The molecule has 0 saturated carbocycles. The van der Waals surface area contributed by atoms with Gasteiger partial charge in [0.05, 0.1) is 6.61 Å². The Bertz CT molecular complexity index is 710. The van der Waals surface area contributed by atoms with Gasteiger partial charge in [-0.05, 0) is 18.4 Å². The summed E-state index contributed by atoms with van der Waals surface area (Å²) in [4.78, 5) is 23.3. The lowest BCUT2D eigenvalue weighted by molar-refractivity contribution is -0.149. The molecule has 0 radical (unpaired) electrons. The van der Waals surface area contributed by atoms with Crippen LogP contribution < -0.4 is 10.1 Å². The first-order valence-corrected chi connectivity index (χ1v) is 7.10. The van der Waals surface area contributed by atoms with Crippen molar-refractivity contribution >= 4 is 22.6 Å². The molecule has 0 bridgehead atoms. The van der Waals surface area contributed by atoms with Crippen LogP contribution in [0.3, 0.4) is 0 Å². The minimum absolute atomic E-state index is 0.137. The third-order valence-corrected chi connectivity index (χ3v) is 3.43. The van der Waals surface area contributed by atoms with Gasteiger partial charge >= 0.3 is 5.97 Å². The molecule has 2 N–H and O–H groups in total. The summed E-state index contributed by atoms with van der Waals surface area (Å²) < 4.78 is 10.4. The molecule has 6 nitrogen and oxygen atoms in total. The van der Waals surface area contributed by atoms with Crippen LogP contribution in [0.1, 0.15) is 6.92 Å². The highest BCUT2D eigenvalue weighted by Gasteiger charge is 2.35. The fourth-order valence-corrected chi connectivity index (χ4v) is 2.25. The normalized spacial score (nSPS) is 13.3. The van der Waals surface area contributed by atoms with Gasteiger partial charge in [-0.25, -0.2) is 4.79 Å². The lowest BCUT2D eigenvalue weighted by Gasteiger charge is -2.25. The van der Waals surface area contributed by atoms with Crippen LogP contribution in [0.2, 0.25) is 0 Å². The van der Waals surface area contributed by atoms with Gasteiger partial charge in [-0.15, -0.1) is 0 Å². The van der Waals surface area contributed by atoms with E-state index in [2.05, 4.69) is 5.32 Å². The van der Waals surface area contributed by atoms with Crippen LogP contribution in [-0.2, 0) is 14.3 Å². The summed E-state index contributed by atoms with van der Waals surface area (Å²) in [5.41, 5.74) is -1.49. The zero-order valence-corrected chi connectivity index (χ0v) is 13.0. The van der Waals surface area contributed by atoms with Crippen LogP contribution >= 0.6 is 0 Å². The summed E-state index contributed by atoms with van der Waals surface area (Å²) in [5.74, 6) is -1.13. The van der Waals surface area contributed by atoms with E-state index in [4.69, 9.17) is 9.47 Å². The first kappa shape index (κ1) is 16.8. The second-order valence-corrected chi connectivity index (χ2v) is 5.38. The Morgan fingerprint density at radius 1 is 1.17 bits per heavy atom. The second kappa shape index (κ2) is 7.11. The number of fused-ring (bicyclic) bond motifs is 1. The van der Waals surface area contributed by atoms with Gasteiger partial charge in [0.2, 0.25) is 0 Å². The van der Waals surface area contributed by atoms with E-state index in [1.54, 1.807) is 6.07 Å². The van der Waals surface area contributed by atoms with Crippen molar-refractivity contribution in [2.24, 2.45) is 0 Å². The molecule has 1 unspecified atom stereocenters. The van der Waals surface area contributed by atoms with E-state index >= 15 is 0 Å². The topological polar surface area (TPSA) is 84.9 Å². The van der Waals surface area contributed by atoms with Gasteiger partial charge < -0.3 is 19.9 Å². The Kier molecular flexibility index (Phi) is 5.18. The maximum atomic E-state index is 12.0. The monoisotopic (exact) mass is 317 g/mol. The van der Waals surface area contributed by atoms with Gasteiger partial charge in [0, 0.05) is 12.5 Å². The van der Waals surface area contributed by atoms with Crippen molar-refractivity contribution in [3.63, 3.8) is 0 Å². The number of nitrogens with one attached hydrogen (secondary N) is 1. The van der Waals surface area contributed by atoms with Crippen molar-refractivity contribution in [3.8, 4) is 5.75 Å². The number of hydrogen-bond acceptors (Lipinski definition) is 4. The number of carboxylic acid groups (broad SMARTS) is 1. The average molecular weight is 317 g/mol. The third-order valence-electron chi connectivity index (χ3n) is 3.43. The molecular formula is C17H19NO5. The molecular weight excluding hydrogens is 298 g/mol. The number of amides is 1.